The van der Waals surface area contributed by atoms with Gasteiger partial charge in [0.2, 0.25) is 5.91 Å². The van der Waals surface area contributed by atoms with Gasteiger partial charge >= 0.3 is 6.61 Å². The van der Waals surface area contributed by atoms with E-state index in [0.717, 1.165) is 11.1 Å². The van der Waals surface area contributed by atoms with Crippen LogP contribution in [0.25, 0.3) is 0 Å². The molecule has 3 nitrogen and oxygen atoms in total. The van der Waals surface area contributed by atoms with Gasteiger partial charge in [-0.2, -0.15) is 8.78 Å². The minimum absolute atomic E-state index is 0.0415. The molecule has 0 saturated heterocycles. The van der Waals surface area contributed by atoms with Gasteiger partial charge < -0.3 is 9.64 Å². The smallest absolute Gasteiger partial charge is 0.387 e. The van der Waals surface area contributed by atoms with Crippen LogP contribution >= 0.6 is 11.6 Å². The number of hydrogen-bond donors (Lipinski definition) is 0. The van der Waals surface area contributed by atoms with Crippen LogP contribution in [0.4, 0.5) is 8.78 Å². The number of benzene rings is 2. The number of ether oxygens (including phenoxy) is 1. The summed E-state index contributed by atoms with van der Waals surface area (Å²) in [7, 11) is 1.70. The average molecular weight is 340 g/mol. The van der Waals surface area contributed by atoms with E-state index in [9.17, 15) is 13.6 Å². The highest BCUT2D eigenvalue weighted by molar-refractivity contribution is 6.30. The minimum Gasteiger partial charge on any atom is -0.435 e. The molecule has 0 fully saturated rings. The van der Waals surface area contributed by atoms with Gasteiger partial charge in [0.15, 0.2) is 0 Å². The molecule has 2 rings (SSSR count). The van der Waals surface area contributed by atoms with Crippen LogP contribution < -0.4 is 4.74 Å². The highest BCUT2D eigenvalue weighted by atomic mass is 35.5. The molecule has 0 N–H and O–H groups in total. The number of amides is 1. The number of hydrogen-bond acceptors (Lipinski definition) is 2. The normalized spacial score (nSPS) is 10.7. The Morgan fingerprint density at radius 2 is 1.65 bits per heavy atom. The van der Waals surface area contributed by atoms with Crippen molar-refractivity contribution in [1.82, 2.24) is 4.90 Å². The van der Waals surface area contributed by atoms with Gasteiger partial charge in [0, 0.05) is 18.6 Å². The summed E-state index contributed by atoms with van der Waals surface area (Å²) < 4.78 is 28.5. The highest BCUT2D eigenvalue weighted by Gasteiger charge is 2.11. The van der Waals surface area contributed by atoms with E-state index in [-0.39, 0.29) is 18.1 Å². The van der Waals surface area contributed by atoms with Crippen molar-refractivity contribution in [2.24, 2.45) is 0 Å². The van der Waals surface area contributed by atoms with Crippen LogP contribution in [-0.4, -0.2) is 24.5 Å². The molecule has 0 aromatic heterocycles. The van der Waals surface area contributed by atoms with E-state index in [1.165, 1.54) is 12.1 Å². The molecule has 122 valence electrons. The molecule has 0 aliphatic carbocycles. The predicted molar refractivity (Wildman–Crippen MR) is 84.7 cm³/mol. The number of nitrogens with zero attached hydrogens (tertiary/aromatic N) is 1. The third-order valence-corrected chi connectivity index (χ3v) is 3.51. The third-order valence-electron chi connectivity index (χ3n) is 3.26. The van der Waals surface area contributed by atoms with Crippen LogP contribution in [0.15, 0.2) is 48.5 Å². The topological polar surface area (TPSA) is 29.5 Å². The Morgan fingerprint density at radius 3 is 2.22 bits per heavy atom. The van der Waals surface area contributed by atoms with E-state index in [2.05, 4.69) is 4.74 Å². The van der Waals surface area contributed by atoms with Crippen molar-refractivity contribution in [1.29, 1.82) is 0 Å². The van der Waals surface area contributed by atoms with Crippen LogP contribution in [0, 0.1) is 0 Å². The standard InChI is InChI=1S/C17H16ClF2NO2/c1-21(16(22)10-12-2-6-14(18)7-3-12)11-13-4-8-15(9-5-13)23-17(19)20/h2-9,17H,10-11H2,1H3. The monoisotopic (exact) mass is 339 g/mol. The molecular formula is C17H16ClF2NO2. The van der Waals surface area contributed by atoms with Gasteiger partial charge in [0.25, 0.3) is 0 Å². The van der Waals surface area contributed by atoms with Gasteiger partial charge in [-0.05, 0) is 35.4 Å². The van der Waals surface area contributed by atoms with Crippen LogP contribution in [0.3, 0.4) is 0 Å². The Balaban J connectivity index is 1.91. The third kappa shape index (κ3) is 5.53. The summed E-state index contributed by atoms with van der Waals surface area (Å²) in [6.45, 7) is -2.45. The zero-order chi connectivity index (χ0) is 16.8. The lowest BCUT2D eigenvalue weighted by Gasteiger charge is -2.17. The van der Waals surface area contributed by atoms with Crippen LogP contribution in [-0.2, 0) is 17.8 Å². The predicted octanol–water partition coefficient (Wildman–Crippen LogP) is 4.14. The van der Waals surface area contributed by atoms with Gasteiger partial charge in [-0.25, -0.2) is 0 Å². The summed E-state index contributed by atoms with van der Waals surface area (Å²) in [6, 6.07) is 13.3. The van der Waals surface area contributed by atoms with Gasteiger partial charge in [0.05, 0.1) is 6.42 Å². The SMILES string of the molecule is CN(Cc1ccc(OC(F)F)cc1)C(=O)Cc1ccc(Cl)cc1. The van der Waals surface area contributed by atoms with Crippen LogP contribution in [0.2, 0.25) is 5.02 Å². The van der Waals surface area contributed by atoms with Gasteiger partial charge in [0.1, 0.15) is 5.75 Å². The number of rotatable bonds is 6. The molecule has 0 bridgehead atoms. The molecule has 0 spiro atoms. The first-order valence-electron chi connectivity index (χ1n) is 6.96. The summed E-state index contributed by atoms with van der Waals surface area (Å²) in [5.74, 6) is 0.0547. The summed E-state index contributed by atoms with van der Waals surface area (Å²) in [5.41, 5.74) is 1.71. The first-order valence-corrected chi connectivity index (χ1v) is 7.34. The molecule has 0 radical (unpaired) electrons. The molecular weight excluding hydrogens is 324 g/mol. The van der Waals surface area contributed by atoms with Gasteiger partial charge in [-0.1, -0.05) is 35.9 Å². The Labute approximate surface area is 138 Å². The van der Waals surface area contributed by atoms with E-state index in [4.69, 9.17) is 11.6 Å². The van der Waals surface area contributed by atoms with Crippen molar-refractivity contribution < 1.29 is 18.3 Å². The summed E-state index contributed by atoms with van der Waals surface area (Å²) in [5, 5.41) is 0.626. The van der Waals surface area contributed by atoms with Crippen LogP contribution in [0.5, 0.6) is 5.75 Å². The van der Waals surface area contributed by atoms with Crippen LogP contribution in [0.1, 0.15) is 11.1 Å². The van der Waals surface area contributed by atoms with Crippen molar-refractivity contribution in [2.75, 3.05) is 7.05 Å². The van der Waals surface area contributed by atoms with Crippen molar-refractivity contribution in [3.8, 4) is 5.75 Å². The number of carbonyl (C=O) groups is 1. The molecule has 1 amide bonds. The van der Waals surface area contributed by atoms with Crippen molar-refractivity contribution in [3.63, 3.8) is 0 Å². The molecule has 0 atom stereocenters. The highest BCUT2D eigenvalue weighted by Crippen LogP contribution is 2.16. The Morgan fingerprint density at radius 1 is 1.09 bits per heavy atom. The second-order valence-corrected chi connectivity index (χ2v) is 5.51. The lowest BCUT2D eigenvalue weighted by molar-refractivity contribution is -0.129. The number of alkyl halides is 2. The van der Waals surface area contributed by atoms with E-state index in [0.29, 0.717) is 11.6 Å². The first kappa shape index (κ1) is 17.2. The molecule has 2 aromatic carbocycles. The lowest BCUT2D eigenvalue weighted by atomic mass is 10.1. The maximum absolute atomic E-state index is 12.2. The summed E-state index contributed by atoms with van der Waals surface area (Å²) in [4.78, 5) is 13.8. The second-order valence-electron chi connectivity index (χ2n) is 5.08. The number of carbonyl (C=O) groups excluding carboxylic acids is 1. The fourth-order valence-corrected chi connectivity index (χ4v) is 2.18. The lowest BCUT2D eigenvalue weighted by Crippen LogP contribution is -2.27. The number of halogens is 3. The summed E-state index contributed by atoms with van der Waals surface area (Å²) >= 11 is 5.81. The maximum Gasteiger partial charge on any atom is 0.387 e. The Bertz CT molecular complexity index is 645. The van der Waals surface area contributed by atoms with Gasteiger partial charge in [-0.15, -0.1) is 0 Å². The molecule has 6 heteroatoms. The van der Waals surface area contributed by atoms with E-state index >= 15 is 0 Å². The zero-order valence-electron chi connectivity index (χ0n) is 12.5. The molecule has 0 aliphatic heterocycles. The molecule has 0 aliphatic rings. The molecule has 2 aromatic rings. The second kappa shape index (κ2) is 7.92. The fourth-order valence-electron chi connectivity index (χ4n) is 2.05. The van der Waals surface area contributed by atoms with Crippen molar-refractivity contribution in [3.05, 3.63) is 64.7 Å². The largest absolute Gasteiger partial charge is 0.435 e. The van der Waals surface area contributed by atoms with Crippen molar-refractivity contribution in [2.45, 2.75) is 19.6 Å². The van der Waals surface area contributed by atoms with Crippen molar-refractivity contribution >= 4 is 17.5 Å². The maximum atomic E-state index is 12.2. The first-order chi connectivity index (χ1) is 10.9. The van der Waals surface area contributed by atoms with Gasteiger partial charge in [-0.3, -0.25) is 4.79 Å². The zero-order valence-corrected chi connectivity index (χ0v) is 13.3. The minimum atomic E-state index is -2.84. The van der Waals surface area contributed by atoms with E-state index in [1.807, 2.05) is 12.1 Å². The molecule has 0 saturated carbocycles. The fraction of sp³-hybridized carbons (Fsp3) is 0.235. The molecule has 0 heterocycles. The van der Waals surface area contributed by atoms with E-state index in [1.54, 1.807) is 36.2 Å². The Kier molecular flexibility index (Phi) is 5.93. The quantitative estimate of drug-likeness (QED) is 0.791. The summed E-state index contributed by atoms with van der Waals surface area (Å²) in [6.07, 6.45) is 0.278. The molecule has 23 heavy (non-hydrogen) atoms. The Hall–Kier alpha value is -2.14. The molecule has 0 unspecified atom stereocenters. The number of likely N-dealkylation sites (N-methyl/N-ethyl adjacent to an activating group) is 1. The average Bonchev–Trinajstić information content (AvgIpc) is 2.51. The van der Waals surface area contributed by atoms with E-state index < -0.39 is 6.61 Å².